The van der Waals surface area contributed by atoms with Crippen molar-refractivity contribution in [2.24, 2.45) is 0 Å². The van der Waals surface area contributed by atoms with Crippen molar-refractivity contribution in [2.45, 2.75) is 19.8 Å². The Balaban J connectivity index is 3.32. The van der Waals surface area contributed by atoms with Crippen LogP contribution in [0.5, 0.6) is 0 Å². The van der Waals surface area contributed by atoms with E-state index in [1.807, 2.05) is 0 Å². The van der Waals surface area contributed by atoms with Crippen molar-refractivity contribution in [3.8, 4) is 0 Å². The number of hydrogen-bond acceptors (Lipinski definition) is 1. The van der Waals surface area contributed by atoms with E-state index in [4.69, 9.17) is 11.6 Å². The first-order valence-corrected chi connectivity index (χ1v) is 6.06. The Hall–Kier alpha value is -1.61. The molecule has 1 rings (SSSR count). The third-order valence-corrected chi connectivity index (χ3v) is 2.58. The Kier molecular flexibility index (Phi) is 5.31. The molecule has 102 valence electrons. The van der Waals surface area contributed by atoms with Gasteiger partial charge in [0.05, 0.1) is 6.26 Å². The van der Waals surface area contributed by atoms with Gasteiger partial charge < -0.3 is 5.11 Å². The standard InChI is InChI=1S/C15H15ClF2O/c1-11(16)8-9-14(15(2,17)18)13(10-19)12-6-4-3-5-7-12/h3-10,19H,1-2H3/b11-8+,13-10+,14-9+. The number of aliphatic hydroxyl groups is 1. The highest BCUT2D eigenvalue weighted by molar-refractivity contribution is 6.29. The minimum absolute atomic E-state index is 0.0715. The molecule has 0 amide bonds. The van der Waals surface area contributed by atoms with E-state index in [-0.39, 0.29) is 11.1 Å². The number of halogens is 3. The molecule has 1 nitrogen and oxygen atoms in total. The highest BCUT2D eigenvalue weighted by atomic mass is 35.5. The molecule has 0 aliphatic rings. The predicted octanol–water partition coefficient (Wildman–Crippen LogP) is 5.31. The minimum Gasteiger partial charge on any atom is -0.515 e. The number of aliphatic hydroxyl groups excluding tert-OH is 1. The van der Waals surface area contributed by atoms with Gasteiger partial charge in [0.15, 0.2) is 0 Å². The summed E-state index contributed by atoms with van der Waals surface area (Å²) in [5.41, 5.74) is 0.293. The third-order valence-electron chi connectivity index (χ3n) is 2.46. The second-order valence-electron chi connectivity index (χ2n) is 4.13. The first-order valence-electron chi connectivity index (χ1n) is 5.69. The van der Waals surface area contributed by atoms with Crippen LogP contribution in [0.1, 0.15) is 19.4 Å². The maximum atomic E-state index is 13.7. The maximum absolute atomic E-state index is 13.7. The molecule has 0 saturated heterocycles. The van der Waals surface area contributed by atoms with Gasteiger partial charge in [-0.15, -0.1) is 0 Å². The molecule has 1 aromatic carbocycles. The molecule has 1 N–H and O–H groups in total. The first kappa shape index (κ1) is 15.4. The average molecular weight is 285 g/mol. The number of hydrogen-bond donors (Lipinski definition) is 1. The Morgan fingerprint density at radius 1 is 1.21 bits per heavy atom. The predicted molar refractivity (Wildman–Crippen MR) is 75.4 cm³/mol. The van der Waals surface area contributed by atoms with Gasteiger partial charge in [-0.1, -0.05) is 48.0 Å². The number of benzene rings is 1. The lowest BCUT2D eigenvalue weighted by molar-refractivity contribution is 0.0686. The van der Waals surface area contributed by atoms with Crippen LogP contribution in [0.3, 0.4) is 0 Å². The van der Waals surface area contributed by atoms with Gasteiger partial charge in [0.1, 0.15) is 0 Å². The highest BCUT2D eigenvalue weighted by Crippen LogP contribution is 2.35. The SMILES string of the molecule is C\C(Cl)=C/C=C(\C(=C\O)c1ccccc1)C(C)(F)F. The Bertz CT molecular complexity index is 507. The van der Waals surface area contributed by atoms with Gasteiger partial charge in [-0.25, -0.2) is 8.78 Å². The fourth-order valence-electron chi connectivity index (χ4n) is 1.59. The van der Waals surface area contributed by atoms with Gasteiger partial charge in [0.2, 0.25) is 0 Å². The normalized spacial score (nSPS) is 14.7. The average Bonchev–Trinajstić information content (AvgIpc) is 2.33. The fourth-order valence-corrected chi connectivity index (χ4v) is 1.65. The molecule has 0 fully saturated rings. The van der Waals surface area contributed by atoms with Gasteiger partial charge in [-0.2, -0.15) is 0 Å². The molecular weight excluding hydrogens is 270 g/mol. The molecule has 0 aromatic heterocycles. The van der Waals surface area contributed by atoms with Crippen molar-refractivity contribution in [2.75, 3.05) is 0 Å². The van der Waals surface area contributed by atoms with Crippen LogP contribution in [0, 0.1) is 0 Å². The molecule has 0 aliphatic carbocycles. The van der Waals surface area contributed by atoms with Crippen LogP contribution >= 0.6 is 11.6 Å². The zero-order valence-corrected chi connectivity index (χ0v) is 11.5. The number of rotatable bonds is 4. The van der Waals surface area contributed by atoms with Crippen LogP contribution in [0.15, 0.2) is 59.4 Å². The monoisotopic (exact) mass is 284 g/mol. The third kappa shape index (κ3) is 4.52. The highest BCUT2D eigenvalue weighted by Gasteiger charge is 2.30. The van der Waals surface area contributed by atoms with Crippen molar-refractivity contribution < 1.29 is 13.9 Å². The zero-order valence-electron chi connectivity index (χ0n) is 10.7. The largest absolute Gasteiger partial charge is 0.515 e. The van der Waals surface area contributed by atoms with Crippen LogP contribution in [0.2, 0.25) is 0 Å². The van der Waals surface area contributed by atoms with Gasteiger partial charge in [0.25, 0.3) is 5.92 Å². The Morgan fingerprint density at radius 2 is 1.79 bits per heavy atom. The number of allylic oxidation sites excluding steroid dienone is 5. The van der Waals surface area contributed by atoms with E-state index in [2.05, 4.69) is 0 Å². The van der Waals surface area contributed by atoms with Crippen LogP contribution < -0.4 is 0 Å². The van der Waals surface area contributed by atoms with Gasteiger partial charge in [-0.3, -0.25) is 0 Å². The van der Waals surface area contributed by atoms with E-state index in [1.54, 1.807) is 37.3 Å². The van der Waals surface area contributed by atoms with Gasteiger partial charge in [0, 0.05) is 23.1 Å². The molecular formula is C15H15ClF2O. The summed E-state index contributed by atoms with van der Waals surface area (Å²) >= 11 is 5.66. The van der Waals surface area contributed by atoms with Crippen LogP contribution in [-0.2, 0) is 0 Å². The Morgan fingerprint density at radius 3 is 2.21 bits per heavy atom. The van der Waals surface area contributed by atoms with E-state index in [9.17, 15) is 13.9 Å². The molecule has 1 aromatic rings. The summed E-state index contributed by atoms with van der Waals surface area (Å²) in [6.45, 7) is 2.37. The van der Waals surface area contributed by atoms with Crippen molar-refractivity contribution in [3.63, 3.8) is 0 Å². The molecule has 0 saturated carbocycles. The minimum atomic E-state index is -3.09. The molecule has 0 spiro atoms. The second-order valence-corrected chi connectivity index (χ2v) is 4.73. The summed E-state index contributed by atoms with van der Waals surface area (Å²) in [6.07, 6.45) is 3.29. The lowest BCUT2D eigenvalue weighted by atomic mass is 9.94. The quantitative estimate of drug-likeness (QED) is 0.587. The summed E-state index contributed by atoms with van der Waals surface area (Å²) < 4.78 is 27.3. The summed E-state index contributed by atoms with van der Waals surface area (Å²) in [5.74, 6) is -3.09. The molecule has 0 unspecified atom stereocenters. The van der Waals surface area contributed by atoms with E-state index in [0.29, 0.717) is 16.9 Å². The van der Waals surface area contributed by atoms with Crippen molar-refractivity contribution in [1.29, 1.82) is 0 Å². The molecule has 0 radical (unpaired) electrons. The van der Waals surface area contributed by atoms with Crippen molar-refractivity contribution >= 4 is 17.2 Å². The lowest BCUT2D eigenvalue weighted by Crippen LogP contribution is -2.15. The van der Waals surface area contributed by atoms with Crippen LogP contribution in [-0.4, -0.2) is 11.0 Å². The van der Waals surface area contributed by atoms with Crippen molar-refractivity contribution in [1.82, 2.24) is 0 Å². The maximum Gasteiger partial charge on any atom is 0.271 e. The van der Waals surface area contributed by atoms with E-state index < -0.39 is 5.92 Å². The Labute approximate surface area is 116 Å². The fraction of sp³-hybridized carbons (Fsp3) is 0.200. The lowest BCUT2D eigenvalue weighted by Gasteiger charge is -2.17. The van der Waals surface area contributed by atoms with E-state index >= 15 is 0 Å². The molecule has 0 aliphatic heterocycles. The molecule has 0 atom stereocenters. The topological polar surface area (TPSA) is 20.2 Å². The van der Waals surface area contributed by atoms with Crippen LogP contribution in [0.4, 0.5) is 8.78 Å². The summed E-state index contributed by atoms with van der Waals surface area (Å²) in [6, 6.07) is 8.51. The summed E-state index contributed by atoms with van der Waals surface area (Å²) in [7, 11) is 0. The molecule has 0 bridgehead atoms. The second kappa shape index (κ2) is 6.53. The molecule has 0 heterocycles. The van der Waals surface area contributed by atoms with Gasteiger partial charge >= 0.3 is 0 Å². The zero-order chi connectivity index (χ0) is 14.5. The molecule has 4 heteroatoms. The molecule has 19 heavy (non-hydrogen) atoms. The number of alkyl halides is 2. The summed E-state index contributed by atoms with van der Waals surface area (Å²) in [5, 5.41) is 9.67. The van der Waals surface area contributed by atoms with E-state index in [0.717, 1.165) is 6.92 Å². The first-order chi connectivity index (χ1) is 8.86. The smallest absolute Gasteiger partial charge is 0.271 e. The van der Waals surface area contributed by atoms with Crippen molar-refractivity contribution in [3.05, 3.63) is 64.9 Å². The van der Waals surface area contributed by atoms with Gasteiger partial charge in [-0.05, 0) is 18.6 Å². The van der Waals surface area contributed by atoms with E-state index in [1.165, 1.54) is 12.2 Å². The van der Waals surface area contributed by atoms with Crippen LogP contribution in [0.25, 0.3) is 5.57 Å². The summed E-state index contributed by atoms with van der Waals surface area (Å²) in [4.78, 5) is 0.